The summed E-state index contributed by atoms with van der Waals surface area (Å²) in [6.07, 6.45) is 7.19. The lowest BCUT2D eigenvalue weighted by Gasteiger charge is -2.21. The lowest BCUT2D eigenvalue weighted by atomic mass is 10.1. The molecule has 0 radical (unpaired) electrons. The topological polar surface area (TPSA) is 66.6 Å². The summed E-state index contributed by atoms with van der Waals surface area (Å²) < 4.78 is 0. The molecule has 0 heterocycles. The number of hydrogen-bond donors (Lipinski definition) is 2. The maximum Gasteiger partial charge on any atom is 0.222 e. The van der Waals surface area contributed by atoms with E-state index < -0.39 is 0 Å². The van der Waals surface area contributed by atoms with Gasteiger partial charge in [0, 0.05) is 19.5 Å². The maximum atomic E-state index is 11.8. The summed E-state index contributed by atoms with van der Waals surface area (Å²) in [6, 6.07) is 0. The fraction of sp³-hybridized carbons (Fsp3) is 0.923. The van der Waals surface area contributed by atoms with Crippen molar-refractivity contribution in [2.45, 2.75) is 51.9 Å². The van der Waals surface area contributed by atoms with Crippen LogP contribution in [0.2, 0.25) is 0 Å². The van der Waals surface area contributed by atoms with Crippen molar-refractivity contribution in [2.75, 3.05) is 26.2 Å². The molecule has 0 unspecified atom stereocenters. The van der Waals surface area contributed by atoms with Gasteiger partial charge < -0.3 is 15.7 Å². The fourth-order valence-electron chi connectivity index (χ4n) is 1.80. The highest BCUT2D eigenvalue weighted by Gasteiger charge is 2.11. The van der Waals surface area contributed by atoms with Gasteiger partial charge in [0.2, 0.25) is 5.91 Å². The molecule has 4 nitrogen and oxygen atoms in total. The number of nitrogens with zero attached hydrogens (tertiary/aromatic N) is 1. The number of carbonyl (C=O) groups is 1. The maximum absolute atomic E-state index is 11.8. The van der Waals surface area contributed by atoms with Crippen LogP contribution in [0.3, 0.4) is 0 Å². The third kappa shape index (κ3) is 9.12. The van der Waals surface area contributed by atoms with E-state index in [0.29, 0.717) is 26.1 Å². The molecule has 0 atom stereocenters. The van der Waals surface area contributed by atoms with E-state index in [0.717, 1.165) is 19.3 Å². The molecule has 17 heavy (non-hydrogen) atoms. The zero-order valence-corrected chi connectivity index (χ0v) is 11.2. The first kappa shape index (κ1) is 16.4. The number of amides is 1. The largest absolute Gasteiger partial charge is 0.395 e. The van der Waals surface area contributed by atoms with Crippen LogP contribution >= 0.6 is 0 Å². The minimum Gasteiger partial charge on any atom is -0.395 e. The zero-order valence-electron chi connectivity index (χ0n) is 11.2. The summed E-state index contributed by atoms with van der Waals surface area (Å²) in [4.78, 5) is 13.6. The first-order valence-corrected chi connectivity index (χ1v) is 6.85. The Bertz CT molecular complexity index is 186. The van der Waals surface area contributed by atoms with Crippen molar-refractivity contribution in [1.29, 1.82) is 0 Å². The molecule has 3 N–H and O–H groups in total. The Morgan fingerprint density at radius 2 is 1.82 bits per heavy atom. The SMILES string of the molecule is CCCCCCCC(=O)N(CCO)CCCN. The second-order valence-corrected chi connectivity index (χ2v) is 4.41. The van der Waals surface area contributed by atoms with Gasteiger partial charge in [0.1, 0.15) is 0 Å². The van der Waals surface area contributed by atoms with Crippen LogP contribution in [0, 0.1) is 0 Å². The smallest absolute Gasteiger partial charge is 0.222 e. The molecule has 0 rings (SSSR count). The van der Waals surface area contributed by atoms with Crippen molar-refractivity contribution in [1.82, 2.24) is 4.90 Å². The second kappa shape index (κ2) is 11.9. The number of carbonyl (C=O) groups excluding carboxylic acids is 1. The van der Waals surface area contributed by atoms with Gasteiger partial charge in [-0.05, 0) is 19.4 Å². The molecule has 0 aromatic heterocycles. The van der Waals surface area contributed by atoms with E-state index >= 15 is 0 Å². The Balaban J connectivity index is 3.72. The number of hydrogen-bond acceptors (Lipinski definition) is 3. The van der Waals surface area contributed by atoms with Gasteiger partial charge in [0.15, 0.2) is 0 Å². The minimum absolute atomic E-state index is 0.0339. The van der Waals surface area contributed by atoms with Gasteiger partial charge in [-0.2, -0.15) is 0 Å². The molecule has 4 heteroatoms. The Morgan fingerprint density at radius 1 is 1.12 bits per heavy atom. The first-order chi connectivity index (χ1) is 8.26. The number of aliphatic hydroxyl groups is 1. The van der Waals surface area contributed by atoms with E-state index in [4.69, 9.17) is 10.8 Å². The first-order valence-electron chi connectivity index (χ1n) is 6.85. The summed E-state index contributed by atoms with van der Waals surface area (Å²) in [7, 11) is 0. The molecule has 0 saturated heterocycles. The van der Waals surface area contributed by atoms with Gasteiger partial charge in [-0.1, -0.05) is 32.6 Å². The van der Waals surface area contributed by atoms with E-state index in [1.807, 2.05) is 0 Å². The zero-order chi connectivity index (χ0) is 12.9. The van der Waals surface area contributed by atoms with Crippen molar-refractivity contribution in [2.24, 2.45) is 5.73 Å². The van der Waals surface area contributed by atoms with Crippen LogP contribution in [0.1, 0.15) is 51.9 Å². The van der Waals surface area contributed by atoms with Crippen LogP contribution in [0.25, 0.3) is 0 Å². The molecule has 0 saturated carbocycles. The summed E-state index contributed by atoms with van der Waals surface area (Å²) in [6.45, 7) is 3.91. The van der Waals surface area contributed by atoms with Crippen LogP contribution < -0.4 is 5.73 Å². The van der Waals surface area contributed by atoms with Crippen LogP contribution in [-0.4, -0.2) is 42.2 Å². The average molecular weight is 244 g/mol. The van der Waals surface area contributed by atoms with Gasteiger partial charge >= 0.3 is 0 Å². The lowest BCUT2D eigenvalue weighted by Crippen LogP contribution is -2.35. The fourth-order valence-corrected chi connectivity index (χ4v) is 1.80. The Morgan fingerprint density at radius 3 is 2.41 bits per heavy atom. The molecule has 0 bridgehead atoms. The van der Waals surface area contributed by atoms with Crippen molar-refractivity contribution >= 4 is 5.91 Å². The van der Waals surface area contributed by atoms with Gasteiger partial charge in [-0.3, -0.25) is 4.79 Å². The van der Waals surface area contributed by atoms with E-state index in [1.165, 1.54) is 19.3 Å². The van der Waals surface area contributed by atoms with Crippen LogP contribution in [-0.2, 0) is 4.79 Å². The van der Waals surface area contributed by atoms with Crippen LogP contribution in [0.15, 0.2) is 0 Å². The number of rotatable bonds is 11. The van der Waals surface area contributed by atoms with Crippen LogP contribution in [0.5, 0.6) is 0 Å². The monoisotopic (exact) mass is 244 g/mol. The predicted octanol–water partition coefficient (Wildman–Crippen LogP) is 1.52. The van der Waals surface area contributed by atoms with Crippen LogP contribution in [0.4, 0.5) is 0 Å². The molecule has 0 fully saturated rings. The third-order valence-corrected chi connectivity index (χ3v) is 2.85. The van der Waals surface area contributed by atoms with E-state index in [1.54, 1.807) is 4.90 Å². The minimum atomic E-state index is 0.0339. The highest BCUT2D eigenvalue weighted by molar-refractivity contribution is 5.76. The second-order valence-electron chi connectivity index (χ2n) is 4.41. The van der Waals surface area contributed by atoms with Crippen molar-refractivity contribution in [3.63, 3.8) is 0 Å². The normalized spacial score (nSPS) is 10.5. The third-order valence-electron chi connectivity index (χ3n) is 2.85. The van der Waals surface area contributed by atoms with Gasteiger partial charge in [0.05, 0.1) is 6.61 Å². The quantitative estimate of drug-likeness (QED) is 0.541. The highest BCUT2D eigenvalue weighted by atomic mass is 16.3. The standard InChI is InChI=1S/C13H28N2O2/c1-2-3-4-5-6-8-13(17)15(11-12-16)10-7-9-14/h16H,2-12,14H2,1H3. The van der Waals surface area contributed by atoms with E-state index in [2.05, 4.69) is 6.92 Å². The molecule has 102 valence electrons. The van der Waals surface area contributed by atoms with Crippen molar-refractivity contribution < 1.29 is 9.90 Å². The summed E-state index contributed by atoms with van der Waals surface area (Å²) in [5.41, 5.74) is 5.43. The average Bonchev–Trinajstić information content (AvgIpc) is 2.34. The van der Waals surface area contributed by atoms with Gasteiger partial charge in [-0.25, -0.2) is 0 Å². The Labute approximate surface area is 105 Å². The molecular weight excluding hydrogens is 216 g/mol. The molecular formula is C13H28N2O2. The molecule has 0 aromatic carbocycles. The Kier molecular flexibility index (Phi) is 11.4. The van der Waals surface area contributed by atoms with Crippen molar-refractivity contribution in [3.8, 4) is 0 Å². The molecule has 0 aromatic rings. The molecule has 1 amide bonds. The molecule has 0 aliphatic carbocycles. The molecule has 0 aliphatic heterocycles. The number of unbranched alkanes of at least 4 members (excludes halogenated alkanes) is 4. The molecule has 0 aliphatic rings. The lowest BCUT2D eigenvalue weighted by molar-refractivity contribution is -0.131. The van der Waals surface area contributed by atoms with E-state index in [9.17, 15) is 4.79 Å². The predicted molar refractivity (Wildman–Crippen MR) is 70.7 cm³/mol. The highest BCUT2D eigenvalue weighted by Crippen LogP contribution is 2.07. The summed E-state index contributed by atoms with van der Waals surface area (Å²) in [5.74, 6) is 0.156. The van der Waals surface area contributed by atoms with Gasteiger partial charge in [0.25, 0.3) is 0 Å². The molecule has 0 spiro atoms. The van der Waals surface area contributed by atoms with Gasteiger partial charge in [-0.15, -0.1) is 0 Å². The summed E-state index contributed by atoms with van der Waals surface area (Å²) in [5, 5.41) is 8.90. The summed E-state index contributed by atoms with van der Waals surface area (Å²) >= 11 is 0. The number of aliphatic hydroxyl groups excluding tert-OH is 1. The van der Waals surface area contributed by atoms with Crippen molar-refractivity contribution in [3.05, 3.63) is 0 Å². The Hall–Kier alpha value is -0.610. The van der Waals surface area contributed by atoms with E-state index in [-0.39, 0.29) is 12.5 Å². The number of nitrogens with two attached hydrogens (primary N) is 1.